The van der Waals surface area contributed by atoms with E-state index in [0.717, 1.165) is 0 Å². The Morgan fingerprint density at radius 3 is 2.12 bits per heavy atom. The van der Waals surface area contributed by atoms with Crippen LogP contribution in [-0.2, 0) is 5.60 Å². The number of carbonyl (C=O) groups is 1. The predicted molar refractivity (Wildman–Crippen MR) is 94.9 cm³/mol. The molecule has 0 aromatic heterocycles. The van der Waals surface area contributed by atoms with Crippen LogP contribution < -0.4 is 0 Å². The van der Waals surface area contributed by atoms with Crippen molar-refractivity contribution >= 4 is 29.0 Å². The molecule has 0 radical (unpaired) electrons. The zero-order valence-corrected chi connectivity index (χ0v) is 14.0. The van der Waals surface area contributed by atoms with Gasteiger partial charge >= 0.3 is 0 Å². The van der Waals surface area contributed by atoms with Crippen LogP contribution in [0.5, 0.6) is 0 Å². The van der Waals surface area contributed by atoms with Crippen LogP contribution in [0.3, 0.4) is 0 Å². The lowest BCUT2D eigenvalue weighted by Gasteiger charge is -2.36. The van der Waals surface area contributed by atoms with Crippen molar-refractivity contribution < 1.29 is 9.90 Å². The Labute approximate surface area is 149 Å². The number of hydrogen-bond acceptors (Lipinski definition) is 2. The maximum atomic E-state index is 12.8. The standard InChI is InChI=1S/C20H12Cl2O2/c21-13-7-5-12(6-8-13)20(24)17-4-2-1-3-15(17)19(23)16-11-14(22)9-10-18(16)20/h1-11,24H/t20-/m1/s1. The number of rotatable bonds is 1. The number of hydrogen-bond donors (Lipinski definition) is 1. The van der Waals surface area contributed by atoms with Crippen LogP contribution in [0.2, 0.25) is 10.0 Å². The molecule has 2 nitrogen and oxygen atoms in total. The van der Waals surface area contributed by atoms with Crippen molar-refractivity contribution in [3.63, 3.8) is 0 Å². The summed E-state index contributed by atoms with van der Waals surface area (Å²) in [5.41, 5.74) is 1.19. The molecule has 0 saturated heterocycles. The monoisotopic (exact) mass is 354 g/mol. The fraction of sp³-hybridized carbons (Fsp3) is 0.0500. The van der Waals surface area contributed by atoms with Gasteiger partial charge in [0.15, 0.2) is 5.78 Å². The molecule has 0 heterocycles. The topological polar surface area (TPSA) is 37.3 Å². The highest BCUT2D eigenvalue weighted by molar-refractivity contribution is 6.31. The Morgan fingerprint density at radius 2 is 1.38 bits per heavy atom. The van der Waals surface area contributed by atoms with E-state index in [-0.39, 0.29) is 5.78 Å². The molecule has 0 bridgehead atoms. The molecule has 1 aliphatic rings. The second-order valence-corrected chi connectivity index (χ2v) is 6.65. The van der Waals surface area contributed by atoms with Crippen LogP contribution >= 0.6 is 23.2 Å². The number of halogens is 2. The zero-order chi connectivity index (χ0) is 16.9. The quantitative estimate of drug-likeness (QED) is 0.679. The zero-order valence-electron chi connectivity index (χ0n) is 12.5. The van der Waals surface area contributed by atoms with Crippen LogP contribution in [0.25, 0.3) is 0 Å². The highest BCUT2D eigenvalue weighted by Crippen LogP contribution is 2.45. The lowest BCUT2D eigenvalue weighted by molar-refractivity contribution is 0.0949. The number of aliphatic hydroxyl groups is 1. The van der Waals surface area contributed by atoms with E-state index in [9.17, 15) is 9.90 Å². The molecule has 4 rings (SSSR count). The highest BCUT2D eigenvalue weighted by atomic mass is 35.5. The third-order valence-corrected chi connectivity index (χ3v) is 4.93. The van der Waals surface area contributed by atoms with Gasteiger partial charge in [-0.2, -0.15) is 0 Å². The summed E-state index contributed by atoms with van der Waals surface area (Å²) in [4.78, 5) is 12.8. The van der Waals surface area contributed by atoms with Crippen molar-refractivity contribution in [2.24, 2.45) is 0 Å². The molecular weight excluding hydrogens is 343 g/mol. The molecule has 3 aromatic rings. The molecule has 3 aromatic carbocycles. The first-order valence-corrected chi connectivity index (χ1v) is 8.20. The van der Waals surface area contributed by atoms with Crippen molar-refractivity contribution in [2.75, 3.05) is 0 Å². The largest absolute Gasteiger partial charge is 0.376 e. The van der Waals surface area contributed by atoms with Gasteiger partial charge in [-0.1, -0.05) is 65.7 Å². The van der Waals surface area contributed by atoms with Gasteiger partial charge < -0.3 is 5.11 Å². The molecule has 0 amide bonds. The molecule has 1 atom stereocenters. The number of benzene rings is 3. The Morgan fingerprint density at radius 1 is 0.750 bits per heavy atom. The van der Waals surface area contributed by atoms with Crippen molar-refractivity contribution in [1.82, 2.24) is 0 Å². The molecule has 1 N–H and O–H groups in total. The molecule has 4 heteroatoms. The summed E-state index contributed by atoms with van der Waals surface area (Å²) in [6.45, 7) is 0. The second kappa shape index (κ2) is 5.45. The summed E-state index contributed by atoms with van der Waals surface area (Å²) in [6, 6.07) is 19.1. The Bertz CT molecular complexity index is 964. The number of carbonyl (C=O) groups excluding carboxylic acids is 1. The average molecular weight is 355 g/mol. The first kappa shape index (κ1) is 15.4. The predicted octanol–water partition coefficient (Wildman–Crippen LogP) is 4.82. The van der Waals surface area contributed by atoms with E-state index in [1.165, 1.54) is 0 Å². The third kappa shape index (κ3) is 2.11. The molecule has 0 fully saturated rings. The van der Waals surface area contributed by atoms with Crippen molar-refractivity contribution in [3.05, 3.63) is 105 Å². The van der Waals surface area contributed by atoms with Crippen LogP contribution in [0.4, 0.5) is 0 Å². The van der Waals surface area contributed by atoms with E-state index in [1.54, 1.807) is 60.7 Å². The summed E-state index contributed by atoms with van der Waals surface area (Å²) in [5.74, 6) is -0.137. The van der Waals surface area contributed by atoms with E-state index >= 15 is 0 Å². The maximum absolute atomic E-state index is 12.8. The summed E-state index contributed by atoms with van der Waals surface area (Å²) in [5, 5.41) is 12.7. The van der Waals surface area contributed by atoms with E-state index in [4.69, 9.17) is 23.2 Å². The molecular formula is C20H12Cl2O2. The smallest absolute Gasteiger partial charge is 0.193 e. The normalized spacial score (nSPS) is 18.9. The minimum absolute atomic E-state index is 0.137. The first-order chi connectivity index (χ1) is 11.5. The van der Waals surface area contributed by atoms with Gasteiger partial charge in [-0.15, -0.1) is 0 Å². The van der Waals surface area contributed by atoms with E-state index in [0.29, 0.717) is 37.9 Å². The number of fused-ring (bicyclic) bond motifs is 2. The van der Waals surface area contributed by atoms with Crippen LogP contribution in [-0.4, -0.2) is 10.9 Å². The maximum Gasteiger partial charge on any atom is 0.193 e. The van der Waals surface area contributed by atoms with Crippen molar-refractivity contribution in [1.29, 1.82) is 0 Å². The molecule has 0 unspecified atom stereocenters. The summed E-state index contributed by atoms with van der Waals surface area (Å²) < 4.78 is 0. The summed E-state index contributed by atoms with van der Waals surface area (Å²) in [6.07, 6.45) is 0. The van der Waals surface area contributed by atoms with Crippen LogP contribution in [0.1, 0.15) is 32.6 Å². The Balaban J connectivity index is 2.09. The molecule has 0 spiro atoms. The van der Waals surface area contributed by atoms with Crippen LogP contribution in [0, 0.1) is 0 Å². The SMILES string of the molecule is O=C1c2ccccc2[C@](O)(c2ccc(Cl)cc2)c2ccc(Cl)cc21. The second-order valence-electron chi connectivity index (χ2n) is 5.78. The fourth-order valence-electron chi connectivity index (χ4n) is 3.31. The fourth-order valence-corrected chi connectivity index (χ4v) is 3.61. The Hall–Kier alpha value is -2.13. The molecule has 118 valence electrons. The van der Waals surface area contributed by atoms with Crippen molar-refractivity contribution in [3.8, 4) is 0 Å². The van der Waals surface area contributed by atoms with E-state index < -0.39 is 5.60 Å². The molecule has 0 saturated carbocycles. The lowest BCUT2D eigenvalue weighted by Crippen LogP contribution is -2.36. The number of ketones is 1. The van der Waals surface area contributed by atoms with Gasteiger partial charge in [0.1, 0.15) is 5.60 Å². The van der Waals surface area contributed by atoms with Gasteiger partial charge in [-0.3, -0.25) is 4.79 Å². The van der Waals surface area contributed by atoms with E-state index in [2.05, 4.69) is 0 Å². The molecule has 1 aliphatic carbocycles. The van der Waals surface area contributed by atoms with Gasteiger partial charge in [-0.25, -0.2) is 0 Å². The minimum Gasteiger partial charge on any atom is -0.376 e. The van der Waals surface area contributed by atoms with Crippen LogP contribution in [0.15, 0.2) is 66.7 Å². The molecule has 24 heavy (non-hydrogen) atoms. The van der Waals surface area contributed by atoms with E-state index in [1.807, 2.05) is 6.07 Å². The highest BCUT2D eigenvalue weighted by Gasteiger charge is 2.43. The lowest BCUT2D eigenvalue weighted by atomic mass is 9.71. The van der Waals surface area contributed by atoms with Gasteiger partial charge in [0.2, 0.25) is 0 Å². The summed E-state index contributed by atoms with van der Waals surface area (Å²) in [7, 11) is 0. The van der Waals surface area contributed by atoms with Gasteiger partial charge in [0.05, 0.1) is 0 Å². The molecule has 0 aliphatic heterocycles. The first-order valence-electron chi connectivity index (χ1n) is 7.44. The van der Waals surface area contributed by atoms with Gasteiger partial charge in [-0.05, 0) is 29.8 Å². The third-order valence-electron chi connectivity index (χ3n) is 4.44. The average Bonchev–Trinajstić information content (AvgIpc) is 2.60. The summed E-state index contributed by atoms with van der Waals surface area (Å²) >= 11 is 12.1. The van der Waals surface area contributed by atoms with Crippen molar-refractivity contribution in [2.45, 2.75) is 5.60 Å². The Kier molecular flexibility index (Phi) is 3.50. The van der Waals surface area contributed by atoms with Gasteiger partial charge in [0, 0.05) is 32.3 Å². The minimum atomic E-state index is -1.44. The van der Waals surface area contributed by atoms with Gasteiger partial charge in [0.25, 0.3) is 0 Å².